The molecule has 0 bridgehead atoms. The second kappa shape index (κ2) is 8.07. The van der Waals surface area contributed by atoms with Crippen LogP contribution >= 0.6 is 77.0 Å². The van der Waals surface area contributed by atoms with Gasteiger partial charge in [0.15, 0.2) is 0 Å². The first-order chi connectivity index (χ1) is 10.3. The van der Waals surface area contributed by atoms with E-state index >= 15 is 0 Å². The molecule has 0 radical (unpaired) electrons. The molecule has 22 heavy (non-hydrogen) atoms. The van der Waals surface area contributed by atoms with E-state index in [1.807, 2.05) is 38.1 Å². The van der Waals surface area contributed by atoms with Crippen LogP contribution in [-0.4, -0.2) is 5.78 Å². The molecule has 0 aromatic heterocycles. The van der Waals surface area contributed by atoms with Crippen LogP contribution in [0, 0.1) is 7.14 Å². The molecule has 0 fully saturated rings. The number of Topliss-reactive ketones (excluding diaryl/α,β-unsaturated/α-hetero) is 1. The monoisotopic (exact) mass is 646 g/mol. The summed E-state index contributed by atoms with van der Waals surface area (Å²) in [6, 6.07) is 12.3. The van der Waals surface area contributed by atoms with Gasteiger partial charge in [0, 0.05) is 27.9 Å². The number of benzene rings is 2. The highest BCUT2D eigenvalue weighted by atomic mass is 127. The first kappa shape index (κ1) is 18.9. The molecule has 1 nitrogen and oxygen atoms in total. The summed E-state index contributed by atoms with van der Waals surface area (Å²) in [6.07, 6.45) is 0. The quantitative estimate of drug-likeness (QED) is 0.330. The molecule has 2 aromatic rings. The smallest absolute Gasteiger partial charge is 0.147 e. The minimum atomic E-state index is -0.127. The Bertz CT molecular complexity index is 616. The molecule has 0 aliphatic rings. The van der Waals surface area contributed by atoms with Gasteiger partial charge in [0.05, 0.1) is 0 Å². The molecule has 0 aliphatic heterocycles. The maximum absolute atomic E-state index is 12.9. The SMILES string of the molecule is CC(C(=O)C(C)c1cc(Br)cc(I)c1)c1cc(Br)cc(I)c1. The normalized spacial score (nSPS) is 13.7. The van der Waals surface area contributed by atoms with Gasteiger partial charge in [-0.05, 0) is 92.7 Å². The molecule has 0 amide bonds. The van der Waals surface area contributed by atoms with Crippen LogP contribution in [0.5, 0.6) is 0 Å². The lowest BCUT2D eigenvalue weighted by Gasteiger charge is -2.18. The van der Waals surface area contributed by atoms with Gasteiger partial charge in [-0.2, -0.15) is 0 Å². The Hall–Kier alpha value is 0.530. The van der Waals surface area contributed by atoms with Crippen LogP contribution in [0.15, 0.2) is 45.3 Å². The summed E-state index contributed by atoms with van der Waals surface area (Å²) in [5.41, 5.74) is 2.11. The molecule has 2 unspecified atom stereocenters. The fourth-order valence-electron chi connectivity index (χ4n) is 2.35. The number of ketones is 1. The average Bonchev–Trinajstić information content (AvgIpc) is 2.42. The van der Waals surface area contributed by atoms with Crippen LogP contribution in [-0.2, 0) is 4.79 Å². The van der Waals surface area contributed by atoms with Crippen molar-refractivity contribution in [1.29, 1.82) is 0 Å². The van der Waals surface area contributed by atoms with Crippen molar-refractivity contribution in [3.63, 3.8) is 0 Å². The highest BCUT2D eigenvalue weighted by Gasteiger charge is 2.23. The summed E-state index contributed by atoms with van der Waals surface area (Å²) in [5.74, 6) is -0.0156. The van der Waals surface area contributed by atoms with E-state index in [0.717, 1.165) is 27.2 Å². The fourth-order valence-corrected chi connectivity index (χ4v) is 5.62. The van der Waals surface area contributed by atoms with Crippen molar-refractivity contribution in [3.05, 3.63) is 63.6 Å². The second-order valence-corrected chi connectivity index (χ2v) is 9.57. The predicted molar refractivity (Wildman–Crippen MR) is 116 cm³/mol. The summed E-state index contributed by atoms with van der Waals surface area (Å²) in [5, 5.41) is 0. The summed E-state index contributed by atoms with van der Waals surface area (Å²) in [7, 11) is 0. The van der Waals surface area contributed by atoms with E-state index in [9.17, 15) is 4.79 Å². The lowest BCUT2D eigenvalue weighted by molar-refractivity contribution is -0.121. The summed E-state index contributed by atoms with van der Waals surface area (Å²) < 4.78 is 4.29. The molecule has 0 aliphatic carbocycles. The predicted octanol–water partition coefficient (Wildman–Crippen LogP) is 6.90. The van der Waals surface area contributed by atoms with Crippen molar-refractivity contribution in [2.24, 2.45) is 0 Å². The lowest BCUT2D eigenvalue weighted by Crippen LogP contribution is -2.17. The number of hydrogen-bond donors (Lipinski definition) is 0. The molecule has 0 spiro atoms. The Kier molecular flexibility index (Phi) is 6.92. The van der Waals surface area contributed by atoms with E-state index in [1.54, 1.807) is 0 Å². The standard InChI is InChI=1S/C17H14Br2I2O/c1-9(11-3-13(18)7-15(20)5-11)17(22)10(2)12-4-14(19)8-16(21)6-12/h3-10H,1-2H3. The van der Waals surface area contributed by atoms with Gasteiger partial charge in [-0.25, -0.2) is 0 Å². The zero-order valence-electron chi connectivity index (χ0n) is 12.0. The van der Waals surface area contributed by atoms with Gasteiger partial charge >= 0.3 is 0 Å². The van der Waals surface area contributed by atoms with Crippen molar-refractivity contribution < 1.29 is 4.79 Å². The zero-order chi connectivity index (χ0) is 16.4. The van der Waals surface area contributed by atoms with E-state index < -0.39 is 0 Å². The van der Waals surface area contributed by atoms with Gasteiger partial charge in [-0.15, -0.1) is 0 Å². The van der Waals surface area contributed by atoms with Gasteiger partial charge in [0.1, 0.15) is 5.78 Å². The van der Waals surface area contributed by atoms with Gasteiger partial charge in [0.2, 0.25) is 0 Å². The van der Waals surface area contributed by atoms with Crippen LogP contribution in [0.3, 0.4) is 0 Å². The number of halogens is 4. The molecular formula is C17H14Br2I2O. The molecular weight excluding hydrogens is 634 g/mol. The molecule has 0 saturated heterocycles. The maximum Gasteiger partial charge on any atom is 0.147 e. The molecule has 2 aromatic carbocycles. The van der Waals surface area contributed by atoms with Crippen molar-refractivity contribution in [2.45, 2.75) is 25.7 Å². The molecule has 2 rings (SSSR count). The van der Waals surface area contributed by atoms with Crippen LogP contribution in [0.25, 0.3) is 0 Å². The third-order valence-electron chi connectivity index (χ3n) is 3.62. The number of carbonyl (C=O) groups excluding carboxylic acids is 1. The molecule has 0 saturated carbocycles. The Labute approximate surface area is 175 Å². The molecule has 2 atom stereocenters. The summed E-state index contributed by atoms with van der Waals surface area (Å²) in [4.78, 5) is 12.9. The Morgan fingerprint density at radius 2 is 1.18 bits per heavy atom. The number of carbonyl (C=O) groups is 1. The maximum atomic E-state index is 12.9. The molecule has 0 heterocycles. The van der Waals surface area contributed by atoms with Gasteiger partial charge < -0.3 is 0 Å². The minimum Gasteiger partial charge on any atom is -0.298 e. The van der Waals surface area contributed by atoms with Crippen LogP contribution in [0.4, 0.5) is 0 Å². The fraction of sp³-hybridized carbons (Fsp3) is 0.235. The third-order valence-corrected chi connectivity index (χ3v) is 5.78. The number of hydrogen-bond acceptors (Lipinski definition) is 1. The van der Waals surface area contributed by atoms with E-state index in [2.05, 4.69) is 89.2 Å². The van der Waals surface area contributed by atoms with Crippen LogP contribution in [0.1, 0.15) is 36.8 Å². The second-order valence-electron chi connectivity index (χ2n) is 5.25. The summed E-state index contributed by atoms with van der Waals surface area (Å²) in [6.45, 7) is 3.97. The topological polar surface area (TPSA) is 17.1 Å². The lowest BCUT2D eigenvalue weighted by atomic mass is 9.86. The van der Waals surface area contributed by atoms with E-state index in [-0.39, 0.29) is 17.6 Å². The van der Waals surface area contributed by atoms with E-state index in [0.29, 0.717) is 0 Å². The van der Waals surface area contributed by atoms with Crippen molar-refractivity contribution in [2.75, 3.05) is 0 Å². The first-order valence-corrected chi connectivity index (χ1v) is 10.5. The average molecular weight is 648 g/mol. The van der Waals surface area contributed by atoms with Gasteiger partial charge in [0.25, 0.3) is 0 Å². The third kappa shape index (κ3) is 4.77. The van der Waals surface area contributed by atoms with Gasteiger partial charge in [-0.1, -0.05) is 45.7 Å². The van der Waals surface area contributed by atoms with Crippen molar-refractivity contribution in [3.8, 4) is 0 Å². The van der Waals surface area contributed by atoms with E-state index in [1.165, 1.54) is 0 Å². The zero-order valence-corrected chi connectivity index (χ0v) is 19.5. The first-order valence-electron chi connectivity index (χ1n) is 6.73. The summed E-state index contributed by atoms with van der Waals surface area (Å²) >= 11 is 11.6. The highest BCUT2D eigenvalue weighted by Crippen LogP contribution is 2.30. The van der Waals surface area contributed by atoms with E-state index in [4.69, 9.17) is 0 Å². The largest absolute Gasteiger partial charge is 0.298 e. The minimum absolute atomic E-state index is 0.127. The Balaban J connectivity index is 2.29. The van der Waals surface area contributed by atoms with Gasteiger partial charge in [-0.3, -0.25) is 4.79 Å². The van der Waals surface area contributed by atoms with Crippen LogP contribution in [0.2, 0.25) is 0 Å². The molecule has 5 heteroatoms. The van der Waals surface area contributed by atoms with Crippen molar-refractivity contribution >= 4 is 82.8 Å². The highest BCUT2D eigenvalue weighted by molar-refractivity contribution is 14.1. The molecule has 0 N–H and O–H groups in total. The van der Waals surface area contributed by atoms with Crippen molar-refractivity contribution in [1.82, 2.24) is 0 Å². The molecule has 116 valence electrons. The Morgan fingerprint density at radius 1 is 0.818 bits per heavy atom. The van der Waals surface area contributed by atoms with Crippen LogP contribution < -0.4 is 0 Å². The Morgan fingerprint density at radius 3 is 1.50 bits per heavy atom. The number of rotatable bonds is 4.